The van der Waals surface area contributed by atoms with Crippen molar-refractivity contribution >= 4 is 17.3 Å². The molecule has 0 saturated heterocycles. The molecule has 2 aromatic carbocycles. The summed E-state index contributed by atoms with van der Waals surface area (Å²) in [6, 6.07) is 17.6. The summed E-state index contributed by atoms with van der Waals surface area (Å²) < 4.78 is 0. The first-order valence-corrected chi connectivity index (χ1v) is 6.62. The van der Waals surface area contributed by atoms with E-state index in [1.54, 1.807) is 24.4 Å². The maximum atomic E-state index is 10.9. The molecule has 1 aromatic heterocycles. The summed E-state index contributed by atoms with van der Waals surface area (Å²) in [5.74, 6) is 0.440. The smallest absolute Gasteiger partial charge is 0.270 e. The van der Waals surface area contributed by atoms with Gasteiger partial charge in [-0.2, -0.15) is 0 Å². The summed E-state index contributed by atoms with van der Waals surface area (Å²) in [5.41, 5.74) is 2.21. The van der Waals surface area contributed by atoms with Crippen LogP contribution in [0.25, 0.3) is 11.3 Å². The molecule has 0 unspecified atom stereocenters. The lowest BCUT2D eigenvalue weighted by Crippen LogP contribution is -1.97. The van der Waals surface area contributed by atoms with E-state index in [-0.39, 0.29) is 5.69 Å². The van der Waals surface area contributed by atoms with Gasteiger partial charge in [-0.3, -0.25) is 10.1 Å². The highest BCUT2D eigenvalue weighted by atomic mass is 16.6. The van der Waals surface area contributed by atoms with Crippen LogP contribution in [0.5, 0.6) is 0 Å². The van der Waals surface area contributed by atoms with Crippen molar-refractivity contribution in [1.82, 2.24) is 9.97 Å². The van der Waals surface area contributed by atoms with Gasteiger partial charge in [0.05, 0.1) is 10.6 Å². The summed E-state index contributed by atoms with van der Waals surface area (Å²) in [6.07, 6.45) is 1.62. The summed E-state index contributed by atoms with van der Waals surface area (Å²) in [5, 5.41) is 13.9. The van der Waals surface area contributed by atoms with Crippen molar-refractivity contribution < 1.29 is 4.92 Å². The molecule has 0 radical (unpaired) electrons. The second-order valence-corrected chi connectivity index (χ2v) is 4.56. The Morgan fingerprint density at radius 2 is 1.82 bits per heavy atom. The number of anilines is 2. The van der Waals surface area contributed by atoms with Gasteiger partial charge in [0.15, 0.2) is 0 Å². The number of rotatable bonds is 4. The highest BCUT2D eigenvalue weighted by Gasteiger charge is 2.08. The number of aromatic nitrogens is 2. The summed E-state index contributed by atoms with van der Waals surface area (Å²) in [7, 11) is 0. The van der Waals surface area contributed by atoms with E-state index in [0.29, 0.717) is 17.2 Å². The van der Waals surface area contributed by atoms with Crippen molar-refractivity contribution in [1.29, 1.82) is 0 Å². The molecule has 0 aliphatic rings. The van der Waals surface area contributed by atoms with Crippen LogP contribution in [-0.2, 0) is 0 Å². The van der Waals surface area contributed by atoms with Gasteiger partial charge in [0.1, 0.15) is 0 Å². The monoisotopic (exact) mass is 292 g/mol. The molecule has 3 rings (SSSR count). The first kappa shape index (κ1) is 13.7. The SMILES string of the molecule is O=[N+]([O-])c1cccc(-c2ccnc(Nc3ccccc3)n2)c1. The number of nitrogens with zero attached hydrogens (tertiary/aromatic N) is 3. The van der Waals surface area contributed by atoms with Gasteiger partial charge in [-0.15, -0.1) is 0 Å². The minimum absolute atomic E-state index is 0.0358. The Kier molecular flexibility index (Phi) is 3.74. The molecule has 0 aliphatic carbocycles. The number of nitro benzene ring substituents is 1. The zero-order valence-electron chi connectivity index (χ0n) is 11.5. The summed E-state index contributed by atoms with van der Waals surface area (Å²) in [6.45, 7) is 0. The average molecular weight is 292 g/mol. The van der Waals surface area contributed by atoms with Crippen molar-refractivity contribution in [3.8, 4) is 11.3 Å². The quantitative estimate of drug-likeness (QED) is 0.584. The van der Waals surface area contributed by atoms with E-state index in [1.807, 2.05) is 30.3 Å². The third-order valence-electron chi connectivity index (χ3n) is 3.04. The maximum Gasteiger partial charge on any atom is 0.270 e. The van der Waals surface area contributed by atoms with Crippen LogP contribution in [0.3, 0.4) is 0 Å². The minimum atomic E-state index is -0.423. The van der Waals surface area contributed by atoms with Crippen LogP contribution in [0.15, 0.2) is 66.9 Å². The Bertz CT molecular complexity index is 806. The molecule has 0 aliphatic heterocycles. The molecule has 6 heteroatoms. The van der Waals surface area contributed by atoms with Crippen LogP contribution in [0.4, 0.5) is 17.3 Å². The van der Waals surface area contributed by atoms with Gasteiger partial charge in [0.2, 0.25) is 5.95 Å². The van der Waals surface area contributed by atoms with Gasteiger partial charge in [-0.05, 0) is 18.2 Å². The molecule has 0 spiro atoms. The van der Waals surface area contributed by atoms with E-state index < -0.39 is 4.92 Å². The molecular weight excluding hydrogens is 280 g/mol. The van der Waals surface area contributed by atoms with Gasteiger partial charge in [0, 0.05) is 29.6 Å². The van der Waals surface area contributed by atoms with Crippen LogP contribution in [0.2, 0.25) is 0 Å². The van der Waals surface area contributed by atoms with Gasteiger partial charge < -0.3 is 5.32 Å². The highest BCUT2D eigenvalue weighted by Crippen LogP contribution is 2.23. The molecule has 0 bridgehead atoms. The zero-order chi connectivity index (χ0) is 15.4. The Morgan fingerprint density at radius 1 is 1.00 bits per heavy atom. The topological polar surface area (TPSA) is 81.0 Å². The Hall–Kier alpha value is -3.28. The molecule has 6 nitrogen and oxygen atoms in total. The van der Waals surface area contributed by atoms with Crippen molar-refractivity contribution in [2.75, 3.05) is 5.32 Å². The van der Waals surface area contributed by atoms with E-state index in [2.05, 4.69) is 15.3 Å². The number of nitrogens with one attached hydrogen (secondary N) is 1. The van der Waals surface area contributed by atoms with Crippen molar-refractivity contribution in [2.45, 2.75) is 0 Å². The predicted octanol–water partition coefficient (Wildman–Crippen LogP) is 3.80. The third-order valence-corrected chi connectivity index (χ3v) is 3.04. The standard InChI is InChI=1S/C16H12N4O2/c21-20(22)14-8-4-5-12(11-14)15-9-10-17-16(19-15)18-13-6-2-1-3-7-13/h1-11H,(H,17,18,19). The lowest BCUT2D eigenvalue weighted by atomic mass is 10.1. The van der Waals surface area contributed by atoms with Gasteiger partial charge in [0.25, 0.3) is 5.69 Å². The first-order valence-electron chi connectivity index (χ1n) is 6.62. The van der Waals surface area contributed by atoms with Crippen molar-refractivity contribution in [3.63, 3.8) is 0 Å². The molecule has 0 amide bonds. The number of hydrogen-bond donors (Lipinski definition) is 1. The predicted molar refractivity (Wildman–Crippen MR) is 83.8 cm³/mol. The van der Waals surface area contributed by atoms with Crippen molar-refractivity contribution in [2.24, 2.45) is 0 Å². The van der Waals surface area contributed by atoms with Crippen molar-refractivity contribution in [3.05, 3.63) is 77.0 Å². The molecule has 108 valence electrons. The summed E-state index contributed by atoms with van der Waals surface area (Å²) in [4.78, 5) is 19.0. The van der Waals surface area contributed by atoms with E-state index >= 15 is 0 Å². The number of benzene rings is 2. The zero-order valence-corrected chi connectivity index (χ0v) is 11.5. The van der Waals surface area contributed by atoms with Gasteiger partial charge in [-0.1, -0.05) is 30.3 Å². The molecule has 22 heavy (non-hydrogen) atoms. The van der Waals surface area contributed by atoms with Gasteiger partial charge in [-0.25, -0.2) is 9.97 Å². The number of para-hydroxylation sites is 1. The van der Waals surface area contributed by atoms with Crippen LogP contribution in [0, 0.1) is 10.1 Å². The van der Waals surface area contributed by atoms with Crippen LogP contribution in [0.1, 0.15) is 0 Å². The second-order valence-electron chi connectivity index (χ2n) is 4.56. The highest BCUT2D eigenvalue weighted by molar-refractivity contribution is 5.64. The summed E-state index contributed by atoms with van der Waals surface area (Å²) >= 11 is 0. The van der Waals surface area contributed by atoms with Crippen LogP contribution >= 0.6 is 0 Å². The molecule has 0 fully saturated rings. The first-order chi connectivity index (χ1) is 10.7. The number of non-ortho nitro benzene ring substituents is 1. The maximum absolute atomic E-state index is 10.9. The van der Waals surface area contributed by atoms with E-state index in [4.69, 9.17) is 0 Å². The van der Waals surface area contributed by atoms with Gasteiger partial charge >= 0.3 is 0 Å². The molecular formula is C16H12N4O2. The Labute approximate surface area is 126 Å². The van der Waals surface area contributed by atoms with E-state index in [0.717, 1.165) is 5.69 Å². The minimum Gasteiger partial charge on any atom is -0.324 e. The fourth-order valence-corrected chi connectivity index (χ4v) is 2.01. The Balaban J connectivity index is 1.91. The molecule has 1 heterocycles. The fraction of sp³-hybridized carbons (Fsp3) is 0. The second kappa shape index (κ2) is 6.01. The van der Waals surface area contributed by atoms with Crippen LogP contribution in [-0.4, -0.2) is 14.9 Å². The molecule has 3 aromatic rings. The lowest BCUT2D eigenvalue weighted by Gasteiger charge is -2.06. The molecule has 0 saturated carbocycles. The van der Waals surface area contributed by atoms with E-state index in [9.17, 15) is 10.1 Å². The average Bonchev–Trinajstić information content (AvgIpc) is 2.56. The van der Waals surface area contributed by atoms with Crippen LogP contribution < -0.4 is 5.32 Å². The lowest BCUT2D eigenvalue weighted by molar-refractivity contribution is -0.384. The largest absolute Gasteiger partial charge is 0.324 e. The molecule has 1 N–H and O–H groups in total. The molecule has 0 atom stereocenters. The third kappa shape index (κ3) is 3.06. The Morgan fingerprint density at radius 3 is 2.59 bits per heavy atom. The normalized spacial score (nSPS) is 10.2. The fourth-order valence-electron chi connectivity index (χ4n) is 2.01. The van der Waals surface area contributed by atoms with E-state index in [1.165, 1.54) is 12.1 Å². The number of nitro groups is 1. The number of hydrogen-bond acceptors (Lipinski definition) is 5.